The predicted octanol–water partition coefficient (Wildman–Crippen LogP) is 3.52. The summed E-state index contributed by atoms with van der Waals surface area (Å²) in [6.07, 6.45) is 0.668. The summed E-state index contributed by atoms with van der Waals surface area (Å²) in [6.45, 7) is 0. The van der Waals surface area contributed by atoms with Crippen LogP contribution >= 0.6 is 11.6 Å². The van der Waals surface area contributed by atoms with Gasteiger partial charge in [-0.05, 0) is 42.8 Å². The number of imidazole rings is 1. The van der Waals surface area contributed by atoms with Crippen molar-refractivity contribution >= 4 is 27.4 Å². The Morgan fingerprint density at radius 3 is 2.43 bits per heavy atom. The van der Waals surface area contributed by atoms with Crippen molar-refractivity contribution in [1.82, 2.24) is 9.55 Å². The van der Waals surface area contributed by atoms with Crippen LogP contribution in [0.3, 0.4) is 0 Å². The highest BCUT2D eigenvalue weighted by molar-refractivity contribution is 7.91. The Morgan fingerprint density at radius 2 is 1.82 bits per heavy atom. The number of benzene rings is 2. The van der Waals surface area contributed by atoms with E-state index in [1.807, 2.05) is 0 Å². The maximum absolute atomic E-state index is 13.9. The molecule has 0 saturated carbocycles. The Balaban J connectivity index is 2.02. The highest BCUT2D eigenvalue weighted by atomic mass is 35.5. The number of nitrogens with zero attached hydrogens (tertiary/aromatic N) is 2. The largest absolute Gasteiger partial charge is 0.477 e. The number of hydrogen-bond donors (Lipinski definition) is 1. The maximum Gasteiger partial charge on any atom is 0.354 e. The second kappa shape index (κ2) is 7.69. The van der Waals surface area contributed by atoms with Gasteiger partial charge in [0.05, 0.1) is 11.9 Å². The minimum atomic E-state index is -4.12. The van der Waals surface area contributed by atoms with E-state index in [0.29, 0.717) is 0 Å². The average Bonchev–Trinajstić information content (AvgIpc) is 3.08. The summed E-state index contributed by atoms with van der Waals surface area (Å²) in [5, 5.41) is 8.89. The number of aromatic nitrogens is 2. The molecule has 3 rings (SSSR count). The first-order valence-electron chi connectivity index (χ1n) is 7.93. The van der Waals surface area contributed by atoms with Crippen molar-refractivity contribution in [3.05, 3.63) is 76.6 Å². The molecule has 1 aromatic heterocycles. The van der Waals surface area contributed by atoms with Gasteiger partial charge in [0.2, 0.25) is 15.0 Å². The van der Waals surface area contributed by atoms with Crippen LogP contribution in [-0.4, -0.2) is 34.8 Å². The van der Waals surface area contributed by atoms with Crippen molar-refractivity contribution in [2.24, 2.45) is 0 Å². The number of carboxylic acid groups (broad SMARTS) is 1. The number of carboxylic acids is 1. The van der Waals surface area contributed by atoms with Crippen LogP contribution in [-0.2, 0) is 16.3 Å². The Morgan fingerprint density at radius 1 is 1.14 bits per heavy atom. The lowest BCUT2D eigenvalue weighted by molar-refractivity contribution is 0.0687. The molecule has 0 aliphatic heterocycles. The molecule has 0 aliphatic carbocycles. The number of rotatable bonds is 6. The lowest BCUT2D eigenvalue weighted by Crippen LogP contribution is -2.17. The van der Waals surface area contributed by atoms with Crippen LogP contribution in [0.1, 0.15) is 16.1 Å². The molecule has 1 heterocycles. The number of sulfone groups is 1. The van der Waals surface area contributed by atoms with Gasteiger partial charge in [-0.15, -0.1) is 0 Å². The van der Waals surface area contributed by atoms with Crippen LogP contribution in [0.2, 0.25) is 5.02 Å². The minimum absolute atomic E-state index is 0.0334. The Labute approximate surface area is 163 Å². The Hall–Kier alpha value is -2.78. The smallest absolute Gasteiger partial charge is 0.354 e. The molecule has 0 fully saturated rings. The SMILES string of the molecule is O=C(O)c1cnc(S(=O)(=O)CCc2c(F)cccc2Cl)n1-c1ccc(F)cc1. The molecule has 0 amide bonds. The van der Waals surface area contributed by atoms with Crippen molar-refractivity contribution in [2.45, 2.75) is 11.6 Å². The molecule has 3 aromatic rings. The van der Waals surface area contributed by atoms with Gasteiger partial charge in [-0.25, -0.2) is 27.0 Å². The van der Waals surface area contributed by atoms with E-state index in [0.717, 1.165) is 29.0 Å². The summed E-state index contributed by atoms with van der Waals surface area (Å²) < 4.78 is 53.6. The number of hydrogen-bond acceptors (Lipinski definition) is 4. The van der Waals surface area contributed by atoms with Crippen LogP contribution in [0, 0.1) is 11.6 Å². The van der Waals surface area contributed by atoms with Crippen LogP contribution in [0.4, 0.5) is 8.78 Å². The molecular weight excluding hydrogens is 414 g/mol. The second-order valence-corrected chi connectivity index (χ2v) is 8.22. The van der Waals surface area contributed by atoms with Gasteiger partial charge in [0.25, 0.3) is 0 Å². The zero-order chi connectivity index (χ0) is 20.5. The monoisotopic (exact) mass is 426 g/mol. The molecule has 1 N–H and O–H groups in total. The summed E-state index contributed by atoms with van der Waals surface area (Å²) in [6, 6.07) is 8.60. The minimum Gasteiger partial charge on any atom is -0.477 e. The standard InChI is InChI=1S/C18H13ClF2N2O4S/c19-14-2-1-3-15(21)13(14)8-9-28(26,27)18-22-10-16(17(24)25)23(18)12-6-4-11(20)5-7-12/h1-7,10H,8-9H2,(H,24,25). The molecular formula is C18H13ClF2N2O4S. The molecule has 0 saturated heterocycles. The molecule has 0 spiro atoms. The van der Waals surface area contributed by atoms with Gasteiger partial charge in [-0.1, -0.05) is 17.7 Å². The van der Waals surface area contributed by atoms with E-state index in [1.165, 1.54) is 24.3 Å². The zero-order valence-corrected chi connectivity index (χ0v) is 15.7. The fraction of sp³-hybridized carbons (Fsp3) is 0.111. The maximum atomic E-state index is 13.9. The second-order valence-electron chi connectivity index (χ2n) is 5.81. The lowest BCUT2D eigenvalue weighted by Gasteiger charge is -2.11. The van der Waals surface area contributed by atoms with E-state index >= 15 is 0 Å². The van der Waals surface area contributed by atoms with Crippen LogP contribution in [0.15, 0.2) is 53.8 Å². The van der Waals surface area contributed by atoms with Crippen LogP contribution < -0.4 is 0 Å². The van der Waals surface area contributed by atoms with Crippen LogP contribution in [0.25, 0.3) is 5.69 Å². The summed E-state index contributed by atoms with van der Waals surface area (Å²) in [5.41, 5.74) is -0.265. The fourth-order valence-corrected chi connectivity index (χ4v) is 4.25. The molecule has 0 unspecified atom stereocenters. The predicted molar refractivity (Wildman–Crippen MR) is 97.6 cm³/mol. The van der Waals surface area contributed by atoms with E-state index in [1.54, 1.807) is 0 Å². The molecule has 0 atom stereocenters. The molecule has 0 aliphatic rings. The van der Waals surface area contributed by atoms with Gasteiger partial charge >= 0.3 is 5.97 Å². The molecule has 10 heteroatoms. The molecule has 28 heavy (non-hydrogen) atoms. The average molecular weight is 427 g/mol. The molecule has 0 radical (unpaired) electrons. The summed E-state index contributed by atoms with van der Waals surface area (Å²) in [5.74, 6) is -3.17. The van der Waals surface area contributed by atoms with Gasteiger partial charge in [0.15, 0.2) is 5.69 Å². The highest BCUT2D eigenvalue weighted by Crippen LogP contribution is 2.24. The molecule has 146 valence electrons. The number of aromatic carboxylic acids is 1. The summed E-state index contributed by atoms with van der Waals surface area (Å²) in [4.78, 5) is 15.2. The van der Waals surface area contributed by atoms with Crippen molar-refractivity contribution in [1.29, 1.82) is 0 Å². The van der Waals surface area contributed by atoms with Crippen molar-refractivity contribution < 1.29 is 27.1 Å². The molecule has 0 bridgehead atoms. The van der Waals surface area contributed by atoms with Gasteiger partial charge in [0, 0.05) is 16.3 Å². The number of carbonyl (C=O) groups is 1. The quantitative estimate of drug-likeness (QED) is 0.651. The van der Waals surface area contributed by atoms with Crippen molar-refractivity contribution in [2.75, 3.05) is 5.75 Å². The topological polar surface area (TPSA) is 89.3 Å². The van der Waals surface area contributed by atoms with E-state index < -0.39 is 44.0 Å². The van der Waals surface area contributed by atoms with Crippen molar-refractivity contribution in [3.63, 3.8) is 0 Å². The van der Waals surface area contributed by atoms with E-state index in [4.69, 9.17) is 11.6 Å². The third kappa shape index (κ3) is 3.90. The third-order valence-corrected chi connectivity index (χ3v) is 5.93. The summed E-state index contributed by atoms with van der Waals surface area (Å²) in [7, 11) is -4.12. The number of halogens is 3. The summed E-state index contributed by atoms with van der Waals surface area (Å²) >= 11 is 5.92. The Kier molecular flexibility index (Phi) is 5.48. The molecule has 6 nitrogen and oxygen atoms in total. The first-order chi connectivity index (χ1) is 13.2. The Bertz CT molecular complexity index is 1120. The molecule has 2 aromatic carbocycles. The fourth-order valence-electron chi connectivity index (χ4n) is 2.64. The van der Waals surface area contributed by atoms with Gasteiger partial charge in [0.1, 0.15) is 11.6 Å². The van der Waals surface area contributed by atoms with E-state index in [2.05, 4.69) is 4.98 Å². The highest BCUT2D eigenvalue weighted by Gasteiger charge is 2.27. The lowest BCUT2D eigenvalue weighted by atomic mass is 10.1. The van der Waals surface area contributed by atoms with Crippen molar-refractivity contribution in [3.8, 4) is 5.69 Å². The van der Waals surface area contributed by atoms with Gasteiger partial charge in [-0.3, -0.25) is 4.57 Å². The zero-order valence-electron chi connectivity index (χ0n) is 14.1. The third-order valence-electron chi connectivity index (χ3n) is 3.99. The first-order valence-corrected chi connectivity index (χ1v) is 9.96. The normalized spacial score (nSPS) is 11.5. The first kappa shape index (κ1) is 20.0. The van der Waals surface area contributed by atoms with E-state index in [-0.39, 0.29) is 22.7 Å². The van der Waals surface area contributed by atoms with Gasteiger partial charge in [-0.2, -0.15) is 0 Å². The van der Waals surface area contributed by atoms with Gasteiger partial charge < -0.3 is 5.11 Å². The van der Waals surface area contributed by atoms with E-state index in [9.17, 15) is 27.1 Å². The van der Waals surface area contributed by atoms with Crippen LogP contribution in [0.5, 0.6) is 0 Å².